The number of hydrogen-bond acceptors (Lipinski definition) is 4. The number of likely N-dealkylation sites (tertiary alicyclic amines) is 1. The summed E-state index contributed by atoms with van der Waals surface area (Å²) >= 11 is 6.00. The predicted molar refractivity (Wildman–Crippen MR) is 99.1 cm³/mol. The third-order valence-electron chi connectivity index (χ3n) is 3.85. The van der Waals surface area contributed by atoms with Crippen LogP contribution in [0, 0.1) is 0 Å². The second kappa shape index (κ2) is 10.1. The summed E-state index contributed by atoms with van der Waals surface area (Å²) < 4.78 is 5.54. The van der Waals surface area contributed by atoms with Crippen molar-refractivity contribution < 1.29 is 9.53 Å². The summed E-state index contributed by atoms with van der Waals surface area (Å²) in [5.41, 5.74) is 0. The standard InChI is InChI=1S/C17H26ClN5O2/c1-3-15(24)23-10-7-13(12-23)22-17(19-4-2)21-9-11-25-16-14(18)6-5-8-20-16/h5-6,8,13H,3-4,7,9-12H2,1-2H3,(H2,19,21,22). The van der Waals surface area contributed by atoms with Gasteiger partial charge in [-0.05, 0) is 25.5 Å². The van der Waals surface area contributed by atoms with Gasteiger partial charge in [0.25, 0.3) is 0 Å². The fourth-order valence-electron chi connectivity index (χ4n) is 2.62. The Morgan fingerprint density at radius 3 is 3.08 bits per heavy atom. The Balaban J connectivity index is 1.80. The van der Waals surface area contributed by atoms with Gasteiger partial charge in [0, 0.05) is 38.3 Å². The lowest BCUT2D eigenvalue weighted by atomic mass is 10.3. The lowest BCUT2D eigenvalue weighted by molar-refractivity contribution is -0.129. The second-order valence-corrected chi connectivity index (χ2v) is 6.13. The maximum absolute atomic E-state index is 11.8. The van der Waals surface area contributed by atoms with Crippen molar-refractivity contribution in [2.75, 3.05) is 32.8 Å². The summed E-state index contributed by atoms with van der Waals surface area (Å²) in [6.07, 6.45) is 3.12. The van der Waals surface area contributed by atoms with Crippen molar-refractivity contribution in [2.24, 2.45) is 4.99 Å². The lowest BCUT2D eigenvalue weighted by Gasteiger charge is -2.18. The summed E-state index contributed by atoms with van der Waals surface area (Å²) in [6, 6.07) is 3.72. The number of rotatable bonds is 7. The molecule has 1 aromatic heterocycles. The number of nitrogens with one attached hydrogen (secondary N) is 2. The van der Waals surface area contributed by atoms with E-state index in [1.807, 2.05) is 18.7 Å². The normalized spacial score (nSPS) is 17.5. The topological polar surface area (TPSA) is 78.9 Å². The van der Waals surface area contributed by atoms with Crippen LogP contribution in [-0.4, -0.2) is 60.6 Å². The zero-order valence-corrected chi connectivity index (χ0v) is 15.6. The Labute approximate surface area is 153 Å². The zero-order valence-electron chi connectivity index (χ0n) is 14.8. The molecule has 1 fully saturated rings. The van der Waals surface area contributed by atoms with Gasteiger partial charge < -0.3 is 20.3 Å². The van der Waals surface area contributed by atoms with Crippen LogP contribution in [0.15, 0.2) is 23.3 Å². The molecular formula is C17H26ClN5O2. The van der Waals surface area contributed by atoms with Crippen molar-refractivity contribution in [3.8, 4) is 5.88 Å². The van der Waals surface area contributed by atoms with Crippen molar-refractivity contribution in [2.45, 2.75) is 32.7 Å². The number of pyridine rings is 1. The van der Waals surface area contributed by atoms with E-state index in [9.17, 15) is 4.79 Å². The van der Waals surface area contributed by atoms with Gasteiger partial charge in [0.05, 0.1) is 6.54 Å². The van der Waals surface area contributed by atoms with Crippen LogP contribution in [0.1, 0.15) is 26.7 Å². The van der Waals surface area contributed by atoms with Crippen molar-refractivity contribution >= 4 is 23.5 Å². The molecule has 0 saturated carbocycles. The number of aromatic nitrogens is 1. The first-order chi connectivity index (χ1) is 12.1. The van der Waals surface area contributed by atoms with Gasteiger partial charge in [-0.2, -0.15) is 0 Å². The first-order valence-corrected chi connectivity index (χ1v) is 9.07. The van der Waals surface area contributed by atoms with E-state index in [2.05, 4.69) is 20.6 Å². The fraction of sp³-hybridized carbons (Fsp3) is 0.588. The van der Waals surface area contributed by atoms with Crippen molar-refractivity contribution in [3.63, 3.8) is 0 Å². The third-order valence-corrected chi connectivity index (χ3v) is 4.14. The molecule has 25 heavy (non-hydrogen) atoms. The number of amides is 1. The first-order valence-electron chi connectivity index (χ1n) is 8.70. The van der Waals surface area contributed by atoms with Gasteiger partial charge in [-0.3, -0.25) is 4.79 Å². The molecule has 0 spiro atoms. The summed E-state index contributed by atoms with van der Waals surface area (Å²) in [5, 5.41) is 7.09. The largest absolute Gasteiger partial charge is 0.475 e. The lowest BCUT2D eigenvalue weighted by Crippen LogP contribution is -2.45. The van der Waals surface area contributed by atoms with E-state index in [-0.39, 0.29) is 11.9 Å². The number of nitrogens with zero attached hydrogens (tertiary/aromatic N) is 3. The van der Waals surface area contributed by atoms with Gasteiger partial charge >= 0.3 is 0 Å². The van der Waals surface area contributed by atoms with Crippen LogP contribution in [0.3, 0.4) is 0 Å². The van der Waals surface area contributed by atoms with Gasteiger partial charge in [0.2, 0.25) is 11.8 Å². The van der Waals surface area contributed by atoms with E-state index in [4.69, 9.17) is 16.3 Å². The van der Waals surface area contributed by atoms with Gasteiger partial charge in [-0.15, -0.1) is 0 Å². The smallest absolute Gasteiger partial charge is 0.232 e. The predicted octanol–water partition coefficient (Wildman–Crippen LogP) is 1.68. The number of guanidine groups is 1. The summed E-state index contributed by atoms with van der Waals surface area (Å²) in [5.74, 6) is 1.35. The van der Waals surface area contributed by atoms with E-state index in [1.54, 1.807) is 18.3 Å². The highest BCUT2D eigenvalue weighted by Gasteiger charge is 2.25. The molecule has 8 heteroatoms. The monoisotopic (exact) mass is 367 g/mol. The number of hydrogen-bond donors (Lipinski definition) is 2. The molecule has 1 atom stereocenters. The molecule has 0 aliphatic carbocycles. The van der Waals surface area contributed by atoms with Crippen molar-refractivity contribution in [3.05, 3.63) is 23.4 Å². The Bertz CT molecular complexity index is 596. The molecule has 1 unspecified atom stereocenters. The van der Waals surface area contributed by atoms with Gasteiger partial charge in [-0.25, -0.2) is 9.98 Å². The van der Waals surface area contributed by atoms with Crippen LogP contribution in [0.5, 0.6) is 5.88 Å². The van der Waals surface area contributed by atoms with Crippen molar-refractivity contribution in [1.29, 1.82) is 0 Å². The molecule has 2 rings (SSSR count). The van der Waals surface area contributed by atoms with Crippen LogP contribution in [0.4, 0.5) is 0 Å². The van der Waals surface area contributed by atoms with E-state index in [0.29, 0.717) is 30.5 Å². The summed E-state index contributed by atoms with van der Waals surface area (Å²) in [7, 11) is 0. The van der Waals surface area contributed by atoms with E-state index in [1.165, 1.54) is 0 Å². The summed E-state index contributed by atoms with van der Waals surface area (Å²) in [4.78, 5) is 22.2. The zero-order chi connectivity index (χ0) is 18.1. The fourth-order valence-corrected chi connectivity index (χ4v) is 2.79. The Hall–Kier alpha value is -2.02. The van der Waals surface area contributed by atoms with E-state index < -0.39 is 0 Å². The minimum Gasteiger partial charge on any atom is -0.475 e. The quantitative estimate of drug-likeness (QED) is 0.435. The molecule has 1 amide bonds. The molecule has 0 bridgehead atoms. The molecule has 138 valence electrons. The number of halogens is 1. The molecule has 2 N–H and O–H groups in total. The van der Waals surface area contributed by atoms with E-state index in [0.717, 1.165) is 32.0 Å². The van der Waals surface area contributed by atoms with E-state index >= 15 is 0 Å². The Kier molecular flexibility index (Phi) is 7.78. The molecule has 1 aliphatic heterocycles. The average molecular weight is 368 g/mol. The van der Waals surface area contributed by atoms with Crippen LogP contribution < -0.4 is 15.4 Å². The average Bonchev–Trinajstić information content (AvgIpc) is 3.08. The highest BCUT2D eigenvalue weighted by molar-refractivity contribution is 6.31. The van der Waals surface area contributed by atoms with Crippen LogP contribution >= 0.6 is 11.6 Å². The highest BCUT2D eigenvalue weighted by atomic mass is 35.5. The molecule has 0 radical (unpaired) electrons. The maximum atomic E-state index is 11.8. The Morgan fingerprint density at radius 2 is 2.36 bits per heavy atom. The highest BCUT2D eigenvalue weighted by Crippen LogP contribution is 2.19. The molecule has 0 aromatic carbocycles. The minimum absolute atomic E-state index is 0.201. The van der Waals surface area contributed by atoms with Crippen LogP contribution in [0.2, 0.25) is 5.02 Å². The minimum atomic E-state index is 0.201. The van der Waals surface area contributed by atoms with Gasteiger partial charge in [0.1, 0.15) is 11.6 Å². The van der Waals surface area contributed by atoms with Gasteiger partial charge in [0.15, 0.2) is 5.96 Å². The first kappa shape index (κ1) is 19.3. The maximum Gasteiger partial charge on any atom is 0.232 e. The van der Waals surface area contributed by atoms with Crippen molar-refractivity contribution in [1.82, 2.24) is 20.5 Å². The third kappa shape index (κ3) is 6.08. The second-order valence-electron chi connectivity index (χ2n) is 5.72. The molecular weight excluding hydrogens is 342 g/mol. The molecule has 7 nitrogen and oxygen atoms in total. The SMILES string of the molecule is CCNC(=NCCOc1ncccc1Cl)NC1CCN(C(=O)CC)C1. The molecule has 1 aliphatic rings. The summed E-state index contributed by atoms with van der Waals surface area (Å²) in [6.45, 7) is 7.06. The number of carbonyl (C=O) groups is 1. The van der Waals surface area contributed by atoms with Gasteiger partial charge in [-0.1, -0.05) is 18.5 Å². The molecule has 2 heterocycles. The van der Waals surface area contributed by atoms with Crippen LogP contribution in [0.25, 0.3) is 0 Å². The molecule has 1 aromatic rings. The number of ether oxygens (including phenoxy) is 1. The molecule has 1 saturated heterocycles. The number of aliphatic imine (C=N–C) groups is 1. The van der Waals surface area contributed by atoms with Crippen LogP contribution in [-0.2, 0) is 4.79 Å². The number of carbonyl (C=O) groups excluding carboxylic acids is 1. The Morgan fingerprint density at radius 1 is 1.52 bits per heavy atom.